The maximum absolute atomic E-state index is 11.8. The van der Waals surface area contributed by atoms with Crippen LogP contribution >= 0.6 is 0 Å². The Kier molecular flexibility index (Phi) is 4.16. The standard InChI is InChI=1S/C15H21N7O/c1-11-14(23)22(16)15(19-18-11)17-12-3-5-13(6-4-12)21-9-7-20(2)8-10-21/h3-6H,7-10,16H2,1-2H3,(H,17,19). The predicted octanol–water partition coefficient (Wildman–Crippen LogP) is 0.156. The quantitative estimate of drug-likeness (QED) is 0.779. The molecular weight excluding hydrogens is 294 g/mol. The summed E-state index contributed by atoms with van der Waals surface area (Å²) in [4.78, 5) is 16.4. The van der Waals surface area contributed by atoms with Crippen molar-refractivity contribution in [1.29, 1.82) is 0 Å². The van der Waals surface area contributed by atoms with E-state index in [4.69, 9.17) is 5.84 Å². The Morgan fingerprint density at radius 3 is 2.39 bits per heavy atom. The summed E-state index contributed by atoms with van der Waals surface area (Å²) in [6.07, 6.45) is 0. The molecule has 1 aliphatic heterocycles. The van der Waals surface area contributed by atoms with Gasteiger partial charge in [0.25, 0.3) is 5.56 Å². The summed E-state index contributed by atoms with van der Waals surface area (Å²) in [7, 11) is 2.14. The zero-order chi connectivity index (χ0) is 16.4. The first-order valence-electron chi connectivity index (χ1n) is 7.56. The number of nitrogens with one attached hydrogen (secondary N) is 1. The van der Waals surface area contributed by atoms with E-state index in [1.54, 1.807) is 6.92 Å². The van der Waals surface area contributed by atoms with Crippen LogP contribution in [0.4, 0.5) is 17.3 Å². The van der Waals surface area contributed by atoms with Crippen molar-refractivity contribution in [1.82, 2.24) is 19.8 Å². The van der Waals surface area contributed by atoms with Gasteiger partial charge in [0, 0.05) is 37.6 Å². The summed E-state index contributed by atoms with van der Waals surface area (Å²) < 4.78 is 0.969. The fourth-order valence-electron chi connectivity index (χ4n) is 2.52. The molecule has 0 bridgehead atoms. The number of nitrogen functional groups attached to an aromatic ring is 1. The van der Waals surface area contributed by atoms with Crippen molar-refractivity contribution in [3.05, 3.63) is 40.3 Å². The Bertz CT molecular complexity index is 732. The molecule has 3 rings (SSSR count). The van der Waals surface area contributed by atoms with Gasteiger partial charge < -0.3 is 21.0 Å². The second-order valence-electron chi connectivity index (χ2n) is 5.75. The molecule has 0 amide bonds. The number of hydrogen-bond acceptors (Lipinski definition) is 7. The van der Waals surface area contributed by atoms with Gasteiger partial charge >= 0.3 is 0 Å². The fourth-order valence-corrected chi connectivity index (χ4v) is 2.52. The lowest BCUT2D eigenvalue weighted by molar-refractivity contribution is 0.313. The lowest BCUT2D eigenvalue weighted by Crippen LogP contribution is -2.44. The molecule has 122 valence electrons. The van der Waals surface area contributed by atoms with Crippen LogP contribution in [0, 0.1) is 6.92 Å². The van der Waals surface area contributed by atoms with Crippen molar-refractivity contribution in [3.8, 4) is 0 Å². The zero-order valence-electron chi connectivity index (χ0n) is 13.4. The van der Waals surface area contributed by atoms with Crippen LogP contribution in [0.2, 0.25) is 0 Å². The van der Waals surface area contributed by atoms with Crippen molar-refractivity contribution >= 4 is 17.3 Å². The van der Waals surface area contributed by atoms with Crippen LogP contribution in [0.15, 0.2) is 29.1 Å². The van der Waals surface area contributed by atoms with Crippen LogP contribution in [0.25, 0.3) is 0 Å². The first-order chi connectivity index (χ1) is 11.0. The van der Waals surface area contributed by atoms with Crippen molar-refractivity contribution < 1.29 is 0 Å². The van der Waals surface area contributed by atoms with Gasteiger partial charge in [-0.3, -0.25) is 4.79 Å². The van der Waals surface area contributed by atoms with Gasteiger partial charge in [-0.15, -0.1) is 10.2 Å². The molecule has 0 radical (unpaired) electrons. The number of hydrogen-bond donors (Lipinski definition) is 2. The van der Waals surface area contributed by atoms with Crippen molar-refractivity contribution in [2.45, 2.75) is 6.92 Å². The molecule has 2 heterocycles. The van der Waals surface area contributed by atoms with Gasteiger partial charge in [0.1, 0.15) is 5.69 Å². The number of nitrogens with two attached hydrogens (primary N) is 1. The van der Waals surface area contributed by atoms with Crippen molar-refractivity contribution in [2.75, 3.05) is 49.3 Å². The maximum atomic E-state index is 11.8. The van der Waals surface area contributed by atoms with Gasteiger partial charge in [0.05, 0.1) is 0 Å². The van der Waals surface area contributed by atoms with Crippen LogP contribution < -0.4 is 21.6 Å². The second kappa shape index (κ2) is 6.25. The molecule has 1 aromatic heterocycles. The summed E-state index contributed by atoms with van der Waals surface area (Å²) in [6, 6.07) is 7.99. The maximum Gasteiger partial charge on any atom is 0.295 e. The van der Waals surface area contributed by atoms with E-state index in [9.17, 15) is 4.79 Å². The minimum absolute atomic E-state index is 0.216. The Labute approximate surface area is 134 Å². The minimum Gasteiger partial charge on any atom is -0.369 e. The van der Waals surface area contributed by atoms with Crippen LogP contribution in [-0.2, 0) is 0 Å². The number of anilines is 3. The van der Waals surface area contributed by atoms with Gasteiger partial charge in [-0.1, -0.05) is 0 Å². The van der Waals surface area contributed by atoms with E-state index in [0.29, 0.717) is 0 Å². The highest BCUT2D eigenvalue weighted by Gasteiger charge is 2.14. The van der Waals surface area contributed by atoms with Gasteiger partial charge in [0.2, 0.25) is 5.95 Å². The molecule has 1 aliphatic rings. The monoisotopic (exact) mass is 315 g/mol. The van der Waals surface area contributed by atoms with Gasteiger partial charge in [-0.25, -0.2) is 0 Å². The smallest absolute Gasteiger partial charge is 0.295 e. The average Bonchev–Trinajstić information content (AvgIpc) is 2.57. The number of aromatic nitrogens is 3. The van der Waals surface area contributed by atoms with E-state index in [1.807, 2.05) is 24.3 Å². The highest BCUT2D eigenvalue weighted by Crippen LogP contribution is 2.20. The molecule has 0 unspecified atom stereocenters. The Balaban J connectivity index is 1.73. The van der Waals surface area contributed by atoms with E-state index >= 15 is 0 Å². The average molecular weight is 315 g/mol. The molecule has 2 aromatic rings. The van der Waals surface area contributed by atoms with Crippen LogP contribution in [-0.4, -0.2) is 53.0 Å². The number of nitrogens with zero attached hydrogens (tertiary/aromatic N) is 5. The second-order valence-corrected chi connectivity index (χ2v) is 5.75. The summed E-state index contributed by atoms with van der Waals surface area (Å²) in [5.74, 6) is 5.93. The summed E-state index contributed by atoms with van der Waals surface area (Å²) in [5.41, 5.74) is 1.89. The Hall–Kier alpha value is -2.61. The Morgan fingerprint density at radius 2 is 1.74 bits per heavy atom. The highest BCUT2D eigenvalue weighted by atomic mass is 16.1. The molecule has 1 fully saturated rings. The van der Waals surface area contributed by atoms with E-state index in [0.717, 1.165) is 36.5 Å². The molecule has 23 heavy (non-hydrogen) atoms. The van der Waals surface area contributed by atoms with Crippen molar-refractivity contribution in [2.24, 2.45) is 0 Å². The third kappa shape index (κ3) is 3.26. The molecule has 0 saturated carbocycles. The number of likely N-dealkylation sites (N-methyl/N-ethyl adjacent to an activating group) is 1. The van der Waals surface area contributed by atoms with E-state index < -0.39 is 0 Å². The molecule has 0 spiro atoms. The number of benzene rings is 1. The lowest BCUT2D eigenvalue weighted by atomic mass is 10.2. The van der Waals surface area contributed by atoms with Crippen LogP contribution in [0.1, 0.15) is 5.69 Å². The lowest BCUT2D eigenvalue weighted by Gasteiger charge is -2.34. The molecule has 3 N–H and O–H groups in total. The topological polar surface area (TPSA) is 92.3 Å². The number of piperazine rings is 1. The first-order valence-corrected chi connectivity index (χ1v) is 7.56. The molecule has 0 aliphatic carbocycles. The van der Waals surface area contributed by atoms with E-state index in [2.05, 4.69) is 32.4 Å². The van der Waals surface area contributed by atoms with E-state index in [-0.39, 0.29) is 17.2 Å². The zero-order valence-corrected chi connectivity index (χ0v) is 13.4. The number of rotatable bonds is 3. The summed E-state index contributed by atoms with van der Waals surface area (Å²) in [5, 5.41) is 10.7. The highest BCUT2D eigenvalue weighted by molar-refractivity contribution is 5.59. The SMILES string of the molecule is Cc1nnc(Nc2ccc(N3CCN(C)CC3)cc2)n(N)c1=O. The normalized spacial score (nSPS) is 15.7. The van der Waals surface area contributed by atoms with Gasteiger partial charge in [-0.05, 0) is 38.2 Å². The molecule has 1 aromatic carbocycles. The van der Waals surface area contributed by atoms with Crippen molar-refractivity contribution in [3.63, 3.8) is 0 Å². The van der Waals surface area contributed by atoms with Crippen LogP contribution in [0.5, 0.6) is 0 Å². The molecular formula is C15H21N7O. The molecule has 8 nitrogen and oxygen atoms in total. The molecule has 8 heteroatoms. The third-order valence-electron chi connectivity index (χ3n) is 4.04. The number of aryl methyl sites for hydroxylation is 1. The predicted molar refractivity (Wildman–Crippen MR) is 90.6 cm³/mol. The summed E-state index contributed by atoms with van der Waals surface area (Å²) in [6.45, 7) is 5.76. The van der Waals surface area contributed by atoms with Crippen LogP contribution in [0.3, 0.4) is 0 Å². The largest absolute Gasteiger partial charge is 0.369 e. The first kappa shape index (κ1) is 15.3. The fraction of sp³-hybridized carbons (Fsp3) is 0.400. The minimum atomic E-state index is -0.364. The third-order valence-corrected chi connectivity index (χ3v) is 4.04. The summed E-state index contributed by atoms with van der Waals surface area (Å²) >= 11 is 0. The van der Waals surface area contributed by atoms with Gasteiger partial charge in [-0.2, -0.15) is 4.68 Å². The van der Waals surface area contributed by atoms with E-state index in [1.165, 1.54) is 5.69 Å². The molecule has 0 atom stereocenters. The van der Waals surface area contributed by atoms with Gasteiger partial charge in [0.15, 0.2) is 0 Å². The molecule has 1 saturated heterocycles. The Morgan fingerprint density at radius 1 is 1.09 bits per heavy atom.